The van der Waals surface area contributed by atoms with Crippen LogP contribution in [0.2, 0.25) is 0 Å². The van der Waals surface area contributed by atoms with E-state index in [2.05, 4.69) is 4.98 Å². The average molecular weight is 234 g/mol. The molecule has 2 N–H and O–H groups in total. The zero-order chi connectivity index (χ0) is 11.5. The maximum atomic E-state index is 5.78. The van der Waals surface area contributed by atoms with Crippen molar-refractivity contribution >= 4 is 11.3 Å². The summed E-state index contributed by atoms with van der Waals surface area (Å²) < 4.78 is 5.18. The fraction of sp³-hybridized carbons (Fsp3) is 0.250. The van der Waals surface area contributed by atoms with Crippen LogP contribution in [0.3, 0.4) is 0 Å². The third-order valence-corrected chi connectivity index (χ3v) is 3.32. The first-order valence-corrected chi connectivity index (χ1v) is 5.94. The number of benzene rings is 1. The number of aromatic nitrogens is 1. The predicted octanol–water partition coefficient (Wildman–Crippen LogP) is 2.84. The van der Waals surface area contributed by atoms with E-state index in [1.807, 2.05) is 36.6 Å². The molecule has 4 heteroatoms. The summed E-state index contributed by atoms with van der Waals surface area (Å²) in [6, 6.07) is 7.86. The van der Waals surface area contributed by atoms with Gasteiger partial charge in [-0.15, -0.1) is 11.3 Å². The molecule has 0 bridgehead atoms. The Kier molecular flexibility index (Phi) is 3.22. The van der Waals surface area contributed by atoms with E-state index in [0.29, 0.717) is 0 Å². The first-order chi connectivity index (χ1) is 7.70. The smallest absolute Gasteiger partial charge is 0.119 e. The molecule has 16 heavy (non-hydrogen) atoms. The van der Waals surface area contributed by atoms with Gasteiger partial charge in [-0.1, -0.05) is 12.1 Å². The lowest BCUT2D eigenvalue weighted by molar-refractivity contribution is 0.415. The quantitative estimate of drug-likeness (QED) is 0.888. The second-order valence-electron chi connectivity index (χ2n) is 3.59. The highest BCUT2D eigenvalue weighted by Crippen LogP contribution is 2.26. The lowest BCUT2D eigenvalue weighted by Gasteiger charge is -2.02. The number of hydrogen-bond donors (Lipinski definition) is 1. The lowest BCUT2D eigenvalue weighted by Crippen LogP contribution is -2.03. The van der Waals surface area contributed by atoms with E-state index < -0.39 is 0 Å². The first-order valence-electron chi connectivity index (χ1n) is 5.06. The molecule has 3 nitrogen and oxygen atoms in total. The number of rotatable bonds is 3. The highest BCUT2D eigenvalue weighted by molar-refractivity contribution is 7.10. The van der Waals surface area contributed by atoms with Crippen molar-refractivity contribution in [2.45, 2.75) is 13.0 Å². The van der Waals surface area contributed by atoms with Gasteiger partial charge in [-0.05, 0) is 19.1 Å². The minimum Gasteiger partial charge on any atom is -0.497 e. The van der Waals surface area contributed by atoms with Gasteiger partial charge in [0.2, 0.25) is 0 Å². The predicted molar refractivity (Wildman–Crippen MR) is 66.7 cm³/mol. The van der Waals surface area contributed by atoms with Crippen LogP contribution in [0.5, 0.6) is 5.75 Å². The van der Waals surface area contributed by atoms with Crippen molar-refractivity contribution < 1.29 is 4.74 Å². The Bertz CT molecular complexity index is 479. The number of thiazole rings is 1. The van der Waals surface area contributed by atoms with E-state index >= 15 is 0 Å². The minimum absolute atomic E-state index is 0.00985. The highest BCUT2D eigenvalue weighted by Gasteiger charge is 2.08. The first kappa shape index (κ1) is 11.1. The molecule has 0 spiro atoms. The summed E-state index contributed by atoms with van der Waals surface area (Å²) in [4.78, 5) is 4.49. The van der Waals surface area contributed by atoms with Crippen molar-refractivity contribution in [2.24, 2.45) is 5.73 Å². The van der Waals surface area contributed by atoms with Crippen LogP contribution in [0.4, 0.5) is 0 Å². The van der Waals surface area contributed by atoms with Crippen molar-refractivity contribution in [1.82, 2.24) is 4.98 Å². The molecule has 0 saturated heterocycles. The van der Waals surface area contributed by atoms with Crippen molar-refractivity contribution in [3.8, 4) is 17.0 Å². The molecule has 0 radical (unpaired) electrons. The van der Waals surface area contributed by atoms with Crippen molar-refractivity contribution in [1.29, 1.82) is 0 Å². The third-order valence-electron chi connectivity index (χ3n) is 2.28. The van der Waals surface area contributed by atoms with Gasteiger partial charge in [-0.2, -0.15) is 0 Å². The summed E-state index contributed by atoms with van der Waals surface area (Å²) in [5.41, 5.74) is 7.80. The summed E-state index contributed by atoms with van der Waals surface area (Å²) in [5.74, 6) is 0.841. The van der Waals surface area contributed by atoms with Crippen LogP contribution in [-0.4, -0.2) is 12.1 Å². The largest absolute Gasteiger partial charge is 0.497 e. The van der Waals surface area contributed by atoms with Gasteiger partial charge < -0.3 is 10.5 Å². The molecule has 2 aromatic rings. The van der Waals surface area contributed by atoms with Crippen LogP contribution >= 0.6 is 11.3 Å². The van der Waals surface area contributed by atoms with Crippen molar-refractivity contribution in [2.75, 3.05) is 7.11 Å². The molecule has 84 valence electrons. The Hall–Kier alpha value is -1.39. The van der Waals surface area contributed by atoms with Crippen LogP contribution in [0, 0.1) is 0 Å². The fourth-order valence-corrected chi connectivity index (χ4v) is 2.20. The number of methoxy groups -OCH3 is 1. The summed E-state index contributed by atoms with van der Waals surface area (Å²) in [7, 11) is 1.66. The van der Waals surface area contributed by atoms with Gasteiger partial charge in [0.05, 0.1) is 18.8 Å². The molecular weight excluding hydrogens is 220 g/mol. The Morgan fingerprint density at radius 1 is 1.44 bits per heavy atom. The number of nitrogens with zero attached hydrogens (tertiary/aromatic N) is 1. The van der Waals surface area contributed by atoms with Crippen LogP contribution in [0.25, 0.3) is 11.3 Å². The van der Waals surface area contributed by atoms with Gasteiger partial charge in [0.15, 0.2) is 0 Å². The maximum absolute atomic E-state index is 5.78. The van der Waals surface area contributed by atoms with E-state index in [0.717, 1.165) is 22.0 Å². The lowest BCUT2D eigenvalue weighted by atomic mass is 10.1. The molecule has 1 aromatic carbocycles. The Balaban J connectivity index is 2.34. The summed E-state index contributed by atoms with van der Waals surface area (Å²) >= 11 is 1.59. The molecule has 1 atom stereocenters. The molecule has 1 unspecified atom stereocenters. The SMILES string of the molecule is COc1cccc(-c2csc(C(C)N)n2)c1. The monoisotopic (exact) mass is 234 g/mol. The number of hydrogen-bond acceptors (Lipinski definition) is 4. The van der Waals surface area contributed by atoms with Crippen molar-refractivity contribution in [3.63, 3.8) is 0 Å². The molecular formula is C12H14N2OS. The summed E-state index contributed by atoms with van der Waals surface area (Å²) in [6.07, 6.45) is 0. The minimum atomic E-state index is -0.00985. The van der Waals surface area contributed by atoms with Gasteiger partial charge in [0.1, 0.15) is 10.8 Å². The van der Waals surface area contributed by atoms with Crippen LogP contribution < -0.4 is 10.5 Å². The van der Waals surface area contributed by atoms with Gasteiger partial charge in [-0.25, -0.2) is 4.98 Å². The molecule has 0 aliphatic carbocycles. The summed E-state index contributed by atoms with van der Waals surface area (Å²) in [6.45, 7) is 1.94. The molecule has 0 aliphatic rings. The van der Waals surface area contributed by atoms with E-state index in [1.54, 1.807) is 18.4 Å². The van der Waals surface area contributed by atoms with Crippen LogP contribution in [-0.2, 0) is 0 Å². The Morgan fingerprint density at radius 3 is 2.88 bits per heavy atom. The Morgan fingerprint density at radius 2 is 2.25 bits per heavy atom. The van der Waals surface area contributed by atoms with E-state index in [-0.39, 0.29) is 6.04 Å². The van der Waals surface area contributed by atoms with E-state index in [1.165, 1.54) is 0 Å². The molecule has 0 saturated carbocycles. The van der Waals surface area contributed by atoms with E-state index in [4.69, 9.17) is 10.5 Å². The average Bonchev–Trinajstić information content (AvgIpc) is 2.78. The summed E-state index contributed by atoms with van der Waals surface area (Å²) in [5, 5.41) is 2.98. The van der Waals surface area contributed by atoms with Gasteiger partial charge in [-0.3, -0.25) is 0 Å². The second kappa shape index (κ2) is 4.63. The standard InChI is InChI=1S/C12H14N2OS/c1-8(13)12-14-11(7-16-12)9-4-3-5-10(6-9)15-2/h3-8H,13H2,1-2H3. The topological polar surface area (TPSA) is 48.1 Å². The zero-order valence-corrected chi connectivity index (χ0v) is 10.1. The molecule has 1 heterocycles. The van der Waals surface area contributed by atoms with Gasteiger partial charge >= 0.3 is 0 Å². The van der Waals surface area contributed by atoms with E-state index in [9.17, 15) is 0 Å². The third kappa shape index (κ3) is 2.23. The van der Waals surface area contributed by atoms with Crippen LogP contribution in [0.1, 0.15) is 18.0 Å². The molecule has 0 fully saturated rings. The number of ether oxygens (including phenoxy) is 1. The molecule has 2 rings (SSSR count). The highest BCUT2D eigenvalue weighted by atomic mass is 32.1. The van der Waals surface area contributed by atoms with Crippen LogP contribution in [0.15, 0.2) is 29.6 Å². The normalized spacial score (nSPS) is 12.4. The number of nitrogens with two attached hydrogens (primary N) is 1. The molecule has 1 aromatic heterocycles. The fourth-order valence-electron chi connectivity index (χ4n) is 1.41. The zero-order valence-electron chi connectivity index (χ0n) is 9.31. The second-order valence-corrected chi connectivity index (χ2v) is 4.48. The van der Waals surface area contributed by atoms with Gasteiger partial charge in [0, 0.05) is 10.9 Å². The molecule has 0 amide bonds. The Labute approximate surface area is 98.9 Å². The maximum Gasteiger partial charge on any atom is 0.119 e. The molecule has 0 aliphatic heterocycles. The van der Waals surface area contributed by atoms with Gasteiger partial charge in [0.25, 0.3) is 0 Å². The van der Waals surface area contributed by atoms with Crippen molar-refractivity contribution in [3.05, 3.63) is 34.7 Å².